The summed E-state index contributed by atoms with van der Waals surface area (Å²) in [7, 11) is -4.35. The largest absolute Gasteiger partial charge is 0.421 e. The number of nitrogens with zero attached hydrogens (tertiary/aromatic N) is 1. The second-order valence-electron chi connectivity index (χ2n) is 4.30. The van der Waals surface area contributed by atoms with E-state index in [0.29, 0.717) is 22.9 Å². The zero-order valence-electron chi connectivity index (χ0n) is 10.4. The van der Waals surface area contributed by atoms with E-state index >= 15 is 0 Å². The molecule has 20 heavy (non-hydrogen) atoms. The van der Waals surface area contributed by atoms with E-state index in [1.54, 1.807) is 6.92 Å². The summed E-state index contributed by atoms with van der Waals surface area (Å²) >= 11 is 0. The first-order valence-electron chi connectivity index (χ1n) is 5.82. The lowest BCUT2D eigenvalue weighted by molar-refractivity contribution is 0.482. The molecule has 0 unspecified atom stereocenters. The Morgan fingerprint density at radius 2 is 2.15 bits per heavy atom. The minimum Gasteiger partial charge on any atom is -0.421 e. The molecule has 0 aliphatic carbocycles. The predicted molar refractivity (Wildman–Crippen MR) is 71.3 cm³/mol. The maximum Gasteiger partial charge on any atom is 0.364 e. The van der Waals surface area contributed by atoms with Gasteiger partial charge in [-0.2, -0.15) is 8.42 Å². The van der Waals surface area contributed by atoms with Crippen molar-refractivity contribution in [1.82, 2.24) is 9.97 Å². The number of hydrogen-bond donors (Lipinski definition) is 2. The topological polar surface area (TPSA) is 113 Å². The Labute approximate surface area is 113 Å². The Bertz CT molecular complexity index is 984. The van der Waals surface area contributed by atoms with Gasteiger partial charge in [0.1, 0.15) is 5.58 Å². The van der Waals surface area contributed by atoms with Gasteiger partial charge < -0.3 is 9.40 Å². The van der Waals surface area contributed by atoms with Crippen LogP contribution in [0.25, 0.3) is 22.0 Å². The van der Waals surface area contributed by atoms with Crippen molar-refractivity contribution >= 4 is 32.1 Å². The van der Waals surface area contributed by atoms with Gasteiger partial charge in [-0.05, 0) is 24.1 Å². The van der Waals surface area contributed by atoms with Crippen molar-refractivity contribution in [2.75, 3.05) is 0 Å². The van der Waals surface area contributed by atoms with Gasteiger partial charge in [-0.15, -0.1) is 0 Å². The third kappa shape index (κ3) is 1.81. The highest BCUT2D eigenvalue weighted by Crippen LogP contribution is 2.27. The van der Waals surface area contributed by atoms with Gasteiger partial charge in [-0.1, -0.05) is 6.92 Å². The zero-order valence-corrected chi connectivity index (χ0v) is 11.2. The molecule has 1 aromatic carbocycles. The number of hydrogen-bond acceptors (Lipinski definition) is 5. The number of imidazole rings is 1. The lowest BCUT2D eigenvalue weighted by Gasteiger charge is -2.07. The van der Waals surface area contributed by atoms with Crippen molar-refractivity contribution in [2.45, 2.75) is 18.2 Å². The molecule has 0 radical (unpaired) electrons. The number of nitrogens with one attached hydrogen (secondary N) is 1. The van der Waals surface area contributed by atoms with Crippen LogP contribution in [0.4, 0.5) is 0 Å². The number of fused-ring (bicyclic) bond motifs is 3. The molecular formula is C12H10N2O5S. The highest BCUT2D eigenvalue weighted by molar-refractivity contribution is 7.85. The van der Waals surface area contributed by atoms with E-state index in [1.165, 1.54) is 18.5 Å². The molecule has 0 bridgehead atoms. The molecule has 7 nitrogen and oxygen atoms in total. The van der Waals surface area contributed by atoms with Gasteiger partial charge in [0.25, 0.3) is 10.1 Å². The fraction of sp³-hybridized carbons (Fsp3) is 0.167. The van der Waals surface area contributed by atoms with Crippen LogP contribution in [0.2, 0.25) is 0 Å². The molecule has 2 N–H and O–H groups in total. The summed E-state index contributed by atoms with van der Waals surface area (Å²) in [4.78, 5) is 18.1. The Hall–Kier alpha value is -2.19. The average molecular weight is 294 g/mol. The molecule has 0 saturated carbocycles. The van der Waals surface area contributed by atoms with Crippen molar-refractivity contribution < 1.29 is 17.4 Å². The predicted octanol–water partition coefficient (Wildman–Crippen LogP) is 1.48. The molecule has 0 fully saturated rings. The molecule has 0 atom stereocenters. The van der Waals surface area contributed by atoms with Crippen LogP contribution in [0.1, 0.15) is 12.5 Å². The average Bonchev–Trinajstić information content (AvgIpc) is 2.86. The van der Waals surface area contributed by atoms with Gasteiger partial charge >= 0.3 is 5.63 Å². The van der Waals surface area contributed by atoms with E-state index in [2.05, 4.69) is 9.97 Å². The number of benzene rings is 1. The van der Waals surface area contributed by atoms with Gasteiger partial charge in [0, 0.05) is 5.39 Å². The zero-order chi connectivity index (χ0) is 14.5. The van der Waals surface area contributed by atoms with E-state index in [-0.39, 0.29) is 16.0 Å². The van der Waals surface area contributed by atoms with Crippen LogP contribution in [0.15, 0.2) is 32.6 Å². The first-order chi connectivity index (χ1) is 9.41. The molecule has 3 rings (SSSR count). The van der Waals surface area contributed by atoms with E-state index in [1.807, 2.05) is 0 Å². The maximum atomic E-state index is 11.7. The monoisotopic (exact) mass is 294 g/mol. The summed E-state index contributed by atoms with van der Waals surface area (Å²) in [5.74, 6) is 0. The van der Waals surface area contributed by atoms with Gasteiger partial charge in [0.2, 0.25) is 0 Å². The maximum absolute atomic E-state index is 11.7. The van der Waals surface area contributed by atoms with Crippen molar-refractivity contribution in [3.8, 4) is 0 Å². The number of aromatic amines is 1. The van der Waals surface area contributed by atoms with Crippen molar-refractivity contribution in [2.24, 2.45) is 0 Å². The van der Waals surface area contributed by atoms with Crippen molar-refractivity contribution in [3.63, 3.8) is 0 Å². The molecule has 0 spiro atoms. The van der Waals surface area contributed by atoms with Crippen LogP contribution in [0.5, 0.6) is 0 Å². The molecule has 3 aromatic rings. The fourth-order valence-corrected chi connectivity index (χ4v) is 3.00. The summed E-state index contributed by atoms with van der Waals surface area (Å²) in [5, 5.41) is 0.377. The fourth-order valence-electron chi connectivity index (χ4n) is 2.20. The highest BCUT2D eigenvalue weighted by Gasteiger charge is 2.19. The normalized spacial score (nSPS) is 12.3. The Balaban J connectivity index is 2.56. The summed E-state index contributed by atoms with van der Waals surface area (Å²) in [6, 6.07) is 2.73. The van der Waals surface area contributed by atoms with E-state index in [4.69, 9.17) is 4.42 Å². The number of aryl methyl sites for hydroxylation is 1. The summed E-state index contributed by atoms with van der Waals surface area (Å²) in [5.41, 5.74) is 0.486. The van der Waals surface area contributed by atoms with Crippen molar-refractivity contribution in [3.05, 3.63) is 34.4 Å². The molecule has 2 aromatic heterocycles. The minimum absolute atomic E-state index is 0.0861. The summed E-state index contributed by atoms with van der Waals surface area (Å²) in [6.45, 7) is 1.74. The van der Waals surface area contributed by atoms with Crippen LogP contribution >= 0.6 is 0 Å². The minimum atomic E-state index is -4.35. The second kappa shape index (κ2) is 4.15. The van der Waals surface area contributed by atoms with Gasteiger partial charge in [-0.25, -0.2) is 9.78 Å². The number of H-pyrrole nitrogens is 1. The molecule has 0 aliphatic heterocycles. The summed E-state index contributed by atoms with van der Waals surface area (Å²) < 4.78 is 37.3. The van der Waals surface area contributed by atoms with Gasteiger partial charge in [0.15, 0.2) is 5.52 Å². The third-order valence-corrected chi connectivity index (χ3v) is 4.06. The molecule has 2 heterocycles. The number of aromatic nitrogens is 2. The molecule has 8 heteroatoms. The van der Waals surface area contributed by atoms with Gasteiger partial charge in [-0.3, -0.25) is 4.55 Å². The van der Waals surface area contributed by atoms with Crippen LogP contribution in [-0.2, 0) is 16.5 Å². The Kier molecular flexibility index (Phi) is 2.66. The molecule has 0 saturated heterocycles. The van der Waals surface area contributed by atoms with Crippen LogP contribution in [0, 0.1) is 0 Å². The smallest absolute Gasteiger partial charge is 0.364 e. The van der Waals surface area contributed by atoms with E-state index in [9.17, 15) is 17.8 Å². The summed E-state index contributed by atoms with van der Waals surface area (Å²) in [6.07, 6.45) is 1.69. The van der Waals surface area contributed by atoms with Crippen LogP contribution in [-0.4, -0.2) is 22.9 Å². The van der Waals surface area contributed by atoms with Crippen LogP contribution in [0.3, 0.4) is 0 Å². The molecular weight excluding hydrogens is 284 g/mol. The van der Waals surface area contributed by atoms with Gasteiger partial charge in [0.05, 0.1) is 16.7 Å². The Morgan fingerprint density at radius 3 is 2.80 bits per heavy atom. The van der Waals surface area contributed by atoms with E-state index in [0.717, 1.165) is 0 Å². The quantitative estimate of drug-likeness (QED) is 0.546. The lowest BCUT2D eigenvalue weighted by Crippen LogP contribution is -2.05. The molecule has 0 aliphatic rings. The molecule has 0 amide bonds. The lowest BCUT2D eigenvalue weighted by atomic mass is 10.1. The number of rotatable bonds is 2. The standard InChI is InChI=1S/C12H10N2O5S/c1-2-6-3-8-7(4-9(6)20(16,17)18)10-11(12(15)19-8)14-5-13-10/h3-5H,2H2,1H3,(H,13,14)(H,16,17,18). The first-order valence-corrected chi connectivity index (χ1v) is 7.26. The highest BCUT2D eigenvalue weighted by atomic mass is 32.2. The van der Waals surface area contributed by atoms with Crippen molar-refractivity contribution in [1.29, 1.82) is 0 Å². The van der Waals surface area contributed by atoms with Crippen LogP contribution < -0.4 is 5.63 Å². The SMILES string of the molecule is CCc1cc2oc(=O)c3nc[nH]c3c2cc1S(=O)(=O)O. The Morgan fingerprint density at radius 1 is 1.40 bits per heavy atom. The molecule has 104 valence electrons. The first kappa shape index (κ1) is 12.8. The second-order valence-corrected chi connectivity index (χ2v) is 5.69. The third-order valence-electron chi connectivity index (χ3n) is 3.13. The van der Waals surface area contributed by atoms with E-state index < -0.39 is 15.7 Å².